The van der Waals surface area contributed by atoms with Crippen LogP contribution >= 0.6 is 11.6 Å². The van der Waals surface area contributed by atoms with Gasteiger partial charge >= 0.3 is 0 Å². The van der Waals surface area contributed by atoms with E-state index in [1.165, 1.54) is 12.1 Å². The van der Waals surface area contributed by atoms with Gasteiger partial charge in [-0.2, -0.15) is 0 Å². The van der Waals surface area contributed by atoms with Crippen molar-refractivity contribution in [1.29, 1.82) is 0 Å². The Balaban J connectivity index is 2.10. The van der Waals surface area contributed by atoms with Crippen LogP contribution in [0.4, 0.5) is 4.39 Å². The van der Waals surface area contributed by atoms with Crippen molar-refractivity contribution in [3.63, 3.8) is 0 Å². The maximum atomic E-state index is 12.9. The van der Waals surface area contributed by atoms with Crippen molar-refractivity contribution in [2.24, 2.45) is 0 Å². The van der Waals surface area contributed by atoms with Crippen LogP contribution < -0.4 is 0 Å². The van der Waals surface area contributed by atoms with E-state index in [1.54, 1.807) is 12.1 Å². The molecular formula is C14H10ClFN2. The molecule has 0 saturated heterocycles. The van der Waals surface area contributed by atoms with Gasteiger partial charge in [-0.3, -0.25) is 0 Å². The minimum absolute atomic E-state index is 0.251. The summed E-state index contributed by atoms with van der Waals surface area (Å²) in [5.41, 5.74) is 3.72. The molecule has 1 N–H and O–H groups in total. The smallest absolute Gasteiger partial charge is 0.138 e. The van der Waals surface area contributed by atoms with E-state index in [0.717, 1.165) is 28.0 Å². The van der Waals surface area contributed by atoms with E-state index in [4.69, 9.17) is 11.6 Å². The lowest BCUT2D eigenvalue weighted by molar-refractivity contribution is 0.628. The van der Waals surface area contributed by atoms with Crippen LogP contribution in [0.15, 0.2) is 42.5 Å². The zero-order valence-corrected chi connectivity index (χ0v) is 10.2. The number of alkyl halides is 1. The molecule has 90 valence electrons. The molecule has 2 aromatic carbocycles. The van der Waals surface area contributed by atoms with Crippen molar-refractivity contribution in [2.75, 3.05) is 0 Å². The molecule has 1 heterocycles. The molecule has 0 unspecified atom stereocenters. The van der Waals surface area contributed by atoms with E-state index in [2.05, 4.69) is 9.97 Å². The lowest BCUT2D eigenvalue weighted by Gasteiger charge is -1.95. The average molecular weight is 261 g/mol. The molecule has 18 heavy (non-hydrogen) atoms. The molecule has 3 rings (SSSR count). The van der Waals surface area contributed by atoms with Gasteiger partial charge in [-0.05, 0) is 42.0 Å². The van der Waals surface area contributed by atoms with Crippen LogP contribution in [0.25, 0.3) is 22.4 Å². The number of nitrogens with one attached hydrogen (secondary N) is 1. The first-order valence-electron chi connectivity index (χ1n) is 5.57. The number of imidazole rings is 1. The number of halogens is 2. The number of nitrogens with zero attached hydrogens (tertiary/aromatic N) is 1. The number of hydrogen-bond acceptors (Lipinski definition) is 1. The highest BCUT2D eigenvalue weighted by atomic mass is 35.5. The van der Waals surface area contributed by atoms with Gasteiger partial charge in [0.05, 0.1) is 11.0 Å². The Morgan fingerprint density at radius 2 is 1.89 bits per heavy atom. The Morgan fingerprint density at radius 1 is 1.11 bits per heavy atom. The molecule has 0 amide bonds. The number of fused-ring (bicyclic) bond motifs is 1. The second-order valence-corrected chi connectivity index (χ2v) is 4.34. The fourth-order valence-electron chi connectivity index (χ4n) is 1.88. The van der Waals surface area contributed by atoms with Crippen LogP contribution in [0.3, 0.4) is 0 Å². The molecule has 1 aromatic heterocycles. The third-order valence-corrected chi connectivity index (χ3v) is 3.13. The zero-order chi connectivity index (χ0) is 12.5. The first-order chi connectivity index (χ1) is 8.76. The van der Waals surface area contributed by atoms with E-state index in [1.807, 2.05) is 18.2 Å². The van der Waals surface area contributed by atoms with E-state index in [9.17, 15) is 4.39 Å². The predicted molar refractivity (Wildman–Crippen MR) is 71.0 cm³/mol. The monoisotopic (exact) mass is 260 g/mol. The Hall–Kier alpha value is -1.87. The Morgan fingerprint density at radius 3 is 2.61 bits per heavy atom. The summed E-state index contributed by atoms with van der Waals surface area (Å²) >= 11 is 5.79. The summed E-state index contributed by atoms with van der Waals surface area (Å²) in [5.74, 6) is 0.955. The van der Waals surface area contributed by atoms with Crippen molar-refractivity contribution in [3.05, 3.63) is 53.8 Å². The molecule has 0 atom stereocenters. The highest BCUT2D eigenvalue weighted by Crippen LogP contribution is 2.22. The Labute approximate surface area is 108 Å². The van der Waals surface area contributed by atoms with Gasteiger partial charge in [-0.15, -0.1) is 11.6 Å². The highest BCUT2D eigenvalue weighted by Gasteiger charge is 2.05. The number of rotatable bonds is 2. The topological polar surface area (TPSA) is 28.7 Å². The van der Waals surface area contributed by atoms with Crippen molar-refractivity contribution in [1.82, 2.24) is 9.97 Å². The van der Waals surface area contributed by atoms with Crippen LogP contribution in [0.5, 0.6) is 0 Å². The normalized spacial score (nSPS) is 11.0. The molecule has 0 bridgehead atoms. The van der Waals surface area contributed by atoms with Crippen LogP contribution in [-0.4, -0.2) is 9.97 Å². The van der Waals surface area contributed by atoms with Crippen LogP contribution in [-0.2, 0) is 5.88 Å². The van der Waals surface area contributed by atoms with Gasteiger partial charge in [-0.25, -0.2) is 9.37 Å². The minimum atomic E-state index is -0.251. The molecule has 3 aromatic rings. The summed E-state index contributed by atoms with van der Waals surface area (Å²) in [4.78, 5) is 7.68. The number of aromatic nitrogens is 2. The van der Waals surface area contributed by atoms with Gasteiger partial charge in [0, 0.05) is 11.4 Å². The maximum absolute atomic E-state index is 12.9. The fourth-order valence-corrected chi connectivity index (χ4v) is 2.05. The summed E-state index contributed by atoms with van der Waals surface area (Å²) in [7, 11) is 0. The largest absolute Gasteiger partial charge is 0.338 e. The zero-order valence-electron chi connectivity index (χ0n) is 9.45. The summed E-state index contributed by atoms with van der Waals surface area (Å²) in [6.07, 6.45) is 0. The molecule has 0 aliphatic carbocycles. The van der Waals surface area contributed by atoms with Gasteiger partial charge < -0.3 is 4.98 Å². The quantitative estimate of drug-likeness (QED) is 0.690. The van der Waals surface area contributed by atoms with E-state index < -0.39 is 0 Å². The second-order valence-electron chi connectivity index (χ2n) is 4.08. The number of H-pyrrole nitrogens is 1. The highest BCUT2D eigenvalue weighted by molar-refractivity contribution is 6.17. The van der Waals surface area contributed by atoms with Crippen LogP contribution in [0.2, 0.25) is 0 Å². The first kappa shape index (κ1) is 11.2. The number of aromatic amines is 1. The lowest BCUT2D eigenvalue weighted by Crippen LogP contribution is -1.80. The lowest BCUT2D eigenvalue weighted by atomic mass is 10.2. The Bertz CT molecular complexity index is 689. The van der Waals surface area contributed by atoms with Crippen molar-refractivity contribution in [3.8, 4) is 11.4 Å². The molecule has 0 aliphatic rings. The molecule has 0 spiro atoms. The van der Waals surface area contributed by atoms with E-state index in [-0.39, 0.29) is 5.82 Å². The fraction of sp³-hybridized carbons (Fsp3) is 0.0714. The number of benzene rings is 2. The minimum Gasteiger partial charge on any atom is -0.338 e. The molecule has 4 heteroatoms. The molecule has 0 radical (unpaired) electrons. The van der Waals surface area contributed by atoms with Gasteiger partial charge in [0.1, 0.15) is 11.6 Å². The third-order valence-electron chi connectivity index (χ3n) is 2.82. The molecule has 0 aliphatic heterocycles. The molecular weight excluding hydrogens is 251 g/mol. The summed E-state index contributed by atoms with van der Waals surface area (Å²) in [6.45, 7) is 0. The third kappa shape index (κ3) is 1.97. The van der Waals surface area contributed by atoms with Crippen molar-refractivity contribution >= 4 is 22.6 Å². The molecule has 2 nitrogen and oxygen atoms in total. The summed E-state index contributed by atoms with van der Waals surface area (Å²) in [6, 6.07) is 12.1. The van der Waals surface area contributed by atoms with Crippen LogP contribution in [0, 0.1) is 5.82 Å². The maximum Gasteiger partial charge on any atom is 0.138 e. The van der Waals surface area contributed by atoms with Gasteiger partial charge in [0.2, 0.25) is 0 Å². The van der Waals surface area contributed by atoms with Gasteiger partial charge in [0.15, 0.2) is 0 Å². The predicted octanol–water partition coefficient (Wildman–Crippen LogP) is 4.11. The molecule has 0 fully saturated rings. The van der Waals surface area contributed by atoms with Crippen LogP contribution in [0.1, 0.15) is 5.56 Å². The molecule has 0 saturated carbocycles. The average Bonchev–Trinajstić information content (AvgIpc) is 2.82. The van der Waals surface area contributed by atoms with Crippen molar-refractivity contribution in [2.45, 2.75) is 5.88 Å². The van der Waals surface area contributed by atoms with Gasteiger partial charge in [-0.1, -0.05) is 6.07 Å². The first-order valence-corrected chi connectivity index (χ1v) is 6.10. The summed E-state index contributed by atoms with van der Waals surface area (Å²) < 4.78 is 12.9. The van der Waals surface area contributed by atoms with E-state index >= 15 is 0 Å². The second kappa shape index (κ2) is 4.42. The SMILES string of the molecule is Fc1ccc(-c2nc3ccc(CCl)cc3[nH]2)cc1. The van der Waals surface area contributed by atoms with E-state index in [0.29, 0.717) is 5.88 Å². The standard InChI is InChI=1S/C14H10ClFN2/c15-8-9-1-6-12-13(7-9)18-14(17-12)10-2-4-11(16)5-3-10/h1-7H,8H2,(H,17,18). The summed E-state index contributed by atoms with van der Waals surface area (Å²) in [5, 5.41) is 0. The van der Waals surface area contributed by atoms with Gasteiger partial charge in [0.25, 0.3) is 0 Å². The number of hydrogen-bond donors (Lipinski definition) is 1. The Kier molecular flexibility index (Phi) is 2.76. The van der Waals surface area contributed by atoms with Crippen molar-refractivity contribution < 1.29 is 4.39 Å².